The van der Waals surface area contributed by atoms with E-state index in [9.17, 15) is 4.79 Å². The van der Waals surface area contributed by atoms with Crippen molar-refractivity contribution in [1.29, 1.82) is 0 Å². The van der Waals surface area contributed by atoms with Crippen LogP contribution < -0.4 is 5.73 Å². The number of anilines is 1. The maximum Gasteiger partial charge on any atom is 0.246 e. The maximum atomic E-state index is 12.3. The Morgan fingerprint density at radius 1 is 1.05 bits per heavy atom. The van der Waals surface area contributed by atoms with Gasteiger partial charge in [0.05, 0.1) is 11.6 Å². The smallest absolute Gasteiger partial charge is 0.246 e. The lowest BCUT2D eigenvalue weighted by Gasteiger charge is -2.48. The van der Waals surface area contributed by atoms with Crippen LogP contribution in [-0.2, 0) is 11.2 Å². The number of pyridine rings is 2. The van der Waals surface area contributed by atoms with Crippen molar-refractivity contribution in [3.63, 3.8) is 0 Å². The number of piperidine rings is 2. The van der Waals surface area contributed by atoms with E-state index in [1.54, 1.807) is 17.1 Å². The fraction of sp³-hybridized carbons (Fsp3) is 0.273. The Hall–Kier alpha value is -5.12. The number of hydrogen-bond donors (Lipinski definition) is 1. The molecule has 3 atom stereocenters. The van der Waals surface area contributed by atoms with Gasteiger partial charge in [0.15, 0.2) is 17.3 Å². The second-order valence-electron chi connectivity index (χ2n) is 11.6. The highest BCUT2D eigenvalue weighted by Gasteiger charge is 2.42. The van der Waals surface area contributed by atoms with Gasteiger partial charge in [-0.15, -0.1) is 0 Å². The Balaban J connectivity index is 1.19. The zero-order valence-electron chi connectivity index (χ0n) is 23.7. The lowest BCUT2D eigenvalue weighted by molar-refractivity contribution is -0.133. The normalized spacial score (nSPS) is 21.9. The SMILES string of the molecule is C=CC(=O)N1CC2CC[C@H]1CC2N=C1CCc2cc(-n3c(-c4cccnc4N)nc4ccc(-n5cccn5)nc43)ccc21. The van der Waals surface area contributed by atoms with Crippen LogP contribution in [0.5, 0.6) is 0 Å². The third-order valence-corrected chi connectivity index (χ3v) is 9.18. The number of hydrogen-bond acceptors (Lipinski definition) is 7. The summed E-state index contributed by atoms with van der Waals surface area (Å²) in [6.45, 7) is 4.47. The van der Waals surface area contributed by atoms with Gasteiger partial charge in [0, 0.05) is 42.6 Å². The predicted octanol–water partition coefficient (Wildman–Crippen LogP) is 4.55. The van der Waals surface area contributed by atoms with Gasteiger partial charge >= 0.3 is 0 Å². The summed E-state index contributed by atoms with van der Waals surface area (Å²) in [5.74, 6) is 2.26. The molecule has 9 rings (SSSR count). The van der Waals surface area contributed by atoms with E-state index in [1.807, 2.05) is 41.4 Å². The first-order chi connectivity index (χ1) is 21.1. The summed E-state index contributed by atoms with van der Waals surface area (Å²) in [5.41, 5.74) is 13.2. The molecule has 2 unspecified atom stereocenters. The van der Waals surface area contributed by atoms with Crippen LogP contribution in [0.4, 0.5) is 5.82 Å². The number of rotatable bonds is 5. The molecule has 1 amide bonds. The highest BCUT2D eigenvalue weighted by molar-refractivity contribution is 6.05. The number of fused-ring (bicyclic) bond motifs is 5. The van der Waals surface area contributed by atoms with Crippen LogP contribution in [-0.4, -0.2) is 64.4 Å². The van der Waals surface area contributed by atoms with Crippen molar-refractivity contribution in [3.8, 4) is 22.9 Å². The number of nitrogen functional groups attached to an aromatic ring is 1. The molecule has 2 saturated heterocycles. The van der Waals surface area contributed by atoms with Crippen molar-refractivity contribution in [2.45, 2.75) is 44.2 Å². The number of carbonyl (C=O) groups excluding carboxylic acids is 1. The molecule has 214 valence electrons. The van der Waals surface area contributed by atoms with E-state index in [4.69, 9.17) is 20.7 Å². The molecule has 1 aromatic carbocycles. The number of aliphatic imine (C=N–C) groups is 1. The first-order valence-corrected chi connectivity index (χ1v) is 14.8. The minimum absolute atomic E-state index is 0.0465. The fourth-order valence-corrected chi connectivity index (χ4v) is 7.07. The largest absolute Gasteiger partial charge is 0.383 e. The third kappa shape index (κ3) is 4.24. The summed E-state index contributed by atoms with van der Waals surface area (Å²) in [4.78, 5) is 33.9. The van der Waals surface area contributed by atoms with Gasteiger partial charge in [-0.2, -0.15) is 5.10 Å². The third-order valence-electron chi connectivity index (χ3n) is 9.18. The monoisotopic (exact) mass is 569 g/mol. The summed E-state index contributed by atoms with van der Waals surface area (Å²) in [7, 11) is 0. The van der Waals surface area contributed by atoms with E-state index >= 15 is 0 Å². The highest BCUT2D eigenvalue weighted by atomic mass is 16.2. The van der Waals surface area contributed by atoms with Crippen LogP contribution in [0, 0.1) is 5.92 Å². The molecule has 4 aromatic heterocycles. The molecule has 10 heteroatoms. The van der Waals surface area contributed by atoms with E-state index in [2.05, 4.69) is 39.4 Å². The maximum absolute atomic E-state index is 12.3. The van der Waals surface area contributed by atoms with Gasteiger partial charge in [-0.25, -0.2) is 19.6 Å². The zero-order valence-corrected chi connectivity index (χ0v) is 23.7. The lowest BCUT2D eigenvalue weighted by atomic mass is 9.76. The number of aryl methyl sites for hydroxylation is 1. The summed E-state index contributed by atoms with van der Waals surface area (Å²) in [6.07, 6.45) is 11.7. The van der Waals surface area contributed by atoms with Gasteiger partial charge in [0.25, 0.3) is 0 Å². The van der Waals surface area contributed by atoms with E-state index in [0.29, 0.717) is 23.4 Å². The second kappa shape index (κ2) is 10.0. The summed E-state index contributed by atoms with van der Waals surface area (Å²) in [6, 6.07) is 16.6. The number of nitrogens with zero attached hydrogens (tertiary/aromatic N) is 8. The van der Waals surface area contributed by atoms with Crippen molar-refractivity contribution >= 4 is 28.6 Å². The van der Waals surface area contributed by atoms with Gasteiger partial charge in [-0.1, -0.05) is 12.6 Å². The molecular weight excluding hydrogens is 538 g/mol. The van der Waals surface area contributed by atoms with Gasteiger partial charge in [0.1, 0.15) is 11.3 Å². The summed E-state index contributed by atoms with van der Waals surface area (Å²) < 4.78 is 3.81. The molecule has 10 nitrogen and oxygen atoms in total. The fourth-order valence-electron chi connectivity index (χ4n) is 7.07. The van der Waals surface area contributed by atoms with E-state index in [0.717, 1.165) is 61.1 Å². The number of imidazole rings is 1. The molecule has 0 spiro atoms. The second-order valence-corrected chi connectivity index (χ2v) is 11.6. The van der Waals surface area contributed by atoms with Crippen LogP contribution in [0.1, 0.15) is 36.8 Å². The van der Waals surface area contributed by atoms with Crippen LogP contribution in [0.3, 0.4) is 0 Å². The van der Waals surface area contributed by atoms with Crippen molar-refractivity contribution in [1.82, 2.24) is 34.2 Å². The molecule has 2 N–H and O–H groups in total. The van der Waals surface area contributed by atoms with Gasteiger partial charge < -0.3 is 10.6 Å². The molecule has 2 aliphatic carbocycles. The average molecular weight is 570 g/mol. The number of nitrogens with two attached hydrogens (primary N) is 1. The minimum atomic E-state index is 0.0465. The molecule has 43 heavy (non-hydrogen) atoms. The van der Waals surface area contributed by atoms with Crippen molar-refractivity contribution in [2.75, 3.05) is 12.3 Å². The summed E-state index contributed by atoms with van der Waals surface area (Å²) >= 11 is 0. The van der Waals surface area contributed by atoms with Crippen molar-refractivity contribution in [3.05, 3.63) is 90.9 Å². The summed E-state index contributed by atoms with van der Waals surface area (Å²) in [5, 5.41) is 4.37. The van der Waals surface area contributed by atoms with E-state index in [-0.39, 0.29) is 18.0 Å². The zero-order chi connectivity index (χ0) is 29.1. The average Bonchev–Trinajstić information content (AvgIpc) is 3.80. The standard InChI is InChI=1S/C33H31N9O/c1-2-30(43)40-19-21-6-8-22(40)18-28(21)37-26-11-7-20-17-23(9-10-24(20)26)42-32(25-5-3-14-35-31(25)34)38-27-12-13-29(39-33(27)42)41-16-4-15-36-41/h2-5,9-10,12-17,21-22,28H,1,6-8,11,18-19H2,(H2,34,35)/t21?,22-,28?/m0/s1. The minimum Gasteiger partial charge on any atom is -0.383 e. The highest BCUT2D eigenvalue weighted by Crippen LogP contribution is 2.39. The predicted molar refractivity (Wildman–Crippen MR) is 165 cm³/mol. The Bertz CT molecular complexity index is 1920. The molecule has 0 radical (unpaired) electrons. The number of benzene rings is 1. The quantitative estimate of drug-likeness (QED) is 0.310. The van der Waals surface area contributed by atoms with Crippen molar-refractivity contribution in [2.24, 2.45) is 10.9 Å². The van der Waals surface area contributed by atoms with Gasteiger partial charge in [0.2, 0.25) is 5.91 Å². The lowest BCUT2D eigenvalue weighted by Crippen LogP contribution is -2.55. The Kier molecular flexibility index (Phi) is 5.95. The van der Waals surface area contributed by atoms with Crippen LogP contribution in [0.15, 0.2) is 84.8 Å². The van der Waals surface area contributed by atoms with Gasteiger partial charge in [-0.05, 0) is 97.7 Å². The molecule has 6 heterocycles. The molecule has 4 aliphatic rings. The Morgan fingerprint density at radius 2 is 1.98 bits per heavy atom. The first-order valence-electron chi connectivity index (χ1n) is 14.8. The van der Waals surface area contributed by atoms with Crippen LogP contribution in [0.2, 0.25) is 0 Å². The van der Waals surface area contributed by atoms with Gasteiger partial charge in [-0.3, -0.25) is 14.4 Å². The number of amides is 1. The number of carbonyl (C=O) groups is 1. The van der Waals surface area contributed by atoms with Crippen LogP contribution >= 0.6 is 0 Å². The molecule has 1 saturated carbocycles. The molecule has 2 bridgehead atoms. The molecular formula is C33H31N9O. The number of aromatic nitrogens is 6. The Morgan fingerprint density at radius 3 is 2.77 bits per heavy atom. The van der Waals surface area contributed by atoms with E-state index < -0.39 is 0 Å². The Labute approximate surface area is 248 Å². The first kappa shape index (κ1) is 25.6. The topological polar surface area (TPSA) is 120 Å². The molecule has 2 aliphatic heterocycles. The van der Waals surface area contributed by atoms with Crippen LogP contribution in [0.25, 0.3) is 34.1 Å². The van der Waals surface area contributed by atoms with E-state index in [1.165, 1.54) is 22.9 Å². The van der Waals surface area contributed by atoms with Crippen molar-refractivity contribution < 1.29 is 4.79 Å². The molecule has 5 aromatic rings. The molecule has 3 fully saturated rings.